The molecule has 28 heavy (non-hydrogen) atoms. The molecule has 5 nitrogen and oxygen atoms in total. The minimum Gasteiger partial charge on any atom is -0.372 e. The third-order valence-electron chi connectivity index (χ3n) is 5.00. The molecule has 1 aliphatic rings. The number of nitrogens with zero attached hydrogens (tertiary/aromatic N) is 3. The molecule has 1 aliphatic heterocycles. The molecule has 1 aromatic carbocycles. The fourth-order valence-electron chi connectivity index (χ4n) is 3.35. The summed E-state index contributed by atoms with van der Waals surface area (Å²) in [5, 5.41) is 0. The number of piperazine rings is 1. The molecule has 2 rings (SSSR count). The Morgan fingerprint density at radius 2 is 1.82 bits per heavy atom. The van der Waals surface area contributed by atoms with Gasteiger partial charge in [-0.15, -0.1) is 0 Å². The Morgan fingerprint density at radius 3 is 2.39 bits per heavy atom. The van der Waals surface area contributed by atoms with Crippen LogP contribution in [0.25, 0.3) is 0 Å². The predicted molar refractivity (Wildman–Crippen MR) is 102 cm³/mol. The number of hydrogen-bond acceptors (Lipinski definition) is 4. The number of halogens is 3. The number of rotatable bonds is 9. The summed E-state index contributed by atoms with van der Waals surface area (Å²) in [6.45, 7) is 5.08. The molecule has 0 bridgehead atoms. The van der Waals surface area contributed by atoms with Crippen LogP contribution in [0.5, 0.6) is 0 Å². The van der Waals surface area contributed by atoms with Crippen molar-refractivity contribution >= 4 is 5.91 Å². The smallest absolute Gasteiger partial charge is 0.372 e. The number of benzene rings is 1. The molecular weight excluding hydrogens is 371 g/mol. The number of carbonyl (C=O) groups is 1. The molecule has 1 atom stereocenters. The topological polar surface area (TPSA) is 36.0 Å². The van der Waals surface area contributed by atoms with E-state index in [-0.39, 0.29) is 18.6 Å². The zero-order valence-electron chi connectivity index (χ0n) is 16.6. The van der Waals surface area contributed by atoms with Crippen molar-refractivity contribution in [2.45, 2.75) is 25.6 Å². The van der Waals surface area contributed by atoms with Crippen molar-refractivity contribution in [3.8, 4) is 0 Å². The first-order valence-corrected chi connectivity index (χ1v) is 9.72. The van der Waals surface area contributed by atoms with Crippen molar-refractivity contribution in [1.82, 2.24) is 14.7 Å². The maximum absolute atomic E-state index is 13.1. The van der Waals surface area contributed by atoms with Crippen molar-refractivity contribution in [1.29, 1.82) is 0 Å². The van der Waals surface area contributed by atoms with Crippen LogP contribution in [0.15, 0.2) is 30.3 Å². The summed E-state index contributed by atoms with van der Waals surface area (Å²) in [4.78, 5) is 19.2. The summed E-state index contributed by atoms with van der Waals surface area (Å²) in [6.07, 6.45) is -3.72. The second kappa shape index (κ2) is 10.8. The van der Waals surface area contributed by atoms with Crippen LogP contribution in [0, 0.1) is 0 Å². The largest absolute Gasteiger partial charge is 0.411 e. The summed E-state index contributed by atoms with van der Waals surface area (Å²) < 4.78 is 40.8. The molecule has 0 N–H and O–H groups in total. The van der Waals surface area contributed by atoms with Gasteiger partial charge >= 0.3 is 6.18 Å². The standard InChI is InChI=1S/C20H30F3N3O2/c1-3-24(2)18(17-8-5-4-6-9-17)19(27)26-13-11-25(12-14-26)10-7-15-28-16-20(21,22)23/h4-6,8-9,18H,3,7,10-16H2,1-2H3. The normalized spacial score (nSPS) is 17.1. The summed E-state index contributed by atoms with van der Waals surface area (Å²) >= 11 is 0. The van der Waals surface area contributed by atoms with E-state index in [1.165, 1.54) is 0 Å². The molecule has 1 saturated heterocycles. The van der Waals surface area contributed by atoms with E-state index in [4.69, 9.17) is 0 Å². The van der Waals surface area contributed by atoms with E-state index in [0.29, 0.717) is 26.1 Å². The van der Waals surface area contributed by atoms with E-state index in [9.17, 15) is 18.0 Å². The van der Waals surface area contributed by atoms with Crippen LogP contribution in [-0.2, 0) is 9.53 Å². The van der Waals surface area contributed by atoms with Crippen molar-refractivity contribution < 1.29 is 22.7 Å². The fourth-order valence-corrected chi connectivity index (χ4v) is 3.35. The second-order valence-electron chi connectivity index (χ2n) is 7.07. The Labute approximate surface area is 165 Å². The van der Waals surface area contributed by atoms with E-state index < -0.39 is 12.8 Å². The zero-order chi connectivity index (χ0) is 20.6. The molecule has 1 aromatic rings. The van der Waals surface area contributed by atoms with Crippen LogP contribution in [0.4, 0.5) is 13.2 Å². The van der Waals surface area contributed by atoms with E-state index in [2.05, 4.69) is 9.64 Å². The molecule has 1 heterocycles. The molecule has 0 aromatic heterocycles. The molecular formula is C20H30F3N3O2. The third-order valence-corrected chi connectivity index (χ3v) is 5.00. The lowest BCUT2D eigenvalue weighted by Crippen LogP contribution is -2.52. The molecule has 158 valence electrons. The Morgan fingerprint density at radius 1 is 1.18 bits per heavy atom. The number of alkyl halides is 3. The molecule has 0 radical (unpaired) electrons. The van der Waals surface area contributed by atoms with Crippen LogP contribution in [-0.4, -0.2) is 86.3 Å². The van der Waals surface area contributed by atoms with Gasteiger partial charge in [-0.25, -0.2) is 0 Å². The van der Waals surface area contributed by atoms with E-state index >= 15 is 0 Å². The lowest BCUT2D eigenvalue weighted by Gasteiger charge is -2.38. The monoisotopic (exact) mass is 401 g/mol. The molecule has 1 fully saturated rings. The SMILES string of the molecule is CCN(C)C(C(=O)N1CCN(CCCOCC(F)(F)F)CC1)c1ccccc1. The highest BCUT2D eigenvalue weighted by molar-refractivity contribution is 5.83. The first kappa shape index (κ1) is 22.6. The van der Waals surface area contributed by atoms with Gasteiger partial charge in [0.05, 0.1) is 0 Å². The summed E-state index contributed by atoms with van der Waals surface area (Å²) in [5.41, 5.74) is 0.987. The van der Waals surface area contributed by atoms with Gasteiger partial charge in [-0.2, -0.15) is 13.2 Å². The van der Waals surface area contributed by atoms with Gasteiger partial charge in [0.1, 0.15) is 12.6 Å². The molecule has 0 saturated carbocycles. The van der Waals surface area contributed by atoms with Gasteiger partial charge in [-0.1, -0.05) is 37.3 Å². The lowest BCUT2D eigenvalue weighted by molar-refractivity contribution is -0.174. The molecule has 1 unspecified atom stereocenters. The maximum atomic E-state index is 13.1. The Hall–Kier alpha value is -1.64. The van der Waals surface area contributed by atoms with Gasteiger partial charge in [0.15, 0.2) is 0 Å². The Bertz CT molecular complexity index is 590. The molecule has 1 amide bonds. The maximum Gasteiger partial charge on any atom is 0.411 e. The highest BCUT2D eigenvalue weighted by Gasteiger charge is 2.31. The lowest BCUT2D eigenvalue weighted by atomic mass is 10.0. The molecule has 0 spiro atoms. The first-order valence-electron chi connectivity index (χ1n) is 9.72. The number of hydrogen-bond donors (Lipinski definition) is 0. The summed E-state index contributed by atoms with van der Waals surface area (Å²) in [6, 6.07) is 9.48. The number of amides is 1. The minimum absolute atomic E-state index is 0.0933. The average molecular weight is 401 g/mol. The number of ether oxygens (including phenoxy) is 1. The molecule has 8 heteroatoms. The van der Waals surface area contributed by atoms with E-state index in [0.717, 1.165) is 25.2 Å². The summed E-state index contributed by atoms with van der Waals surface area (Å²) in [7, 11) is 1.95. The van der Waals surface area contributed by atoms with Crippen LogP contribution in [0.2, 0.25) is 0 Å². The van der Waals surface area contributed by atoms with Gasteiger partial charge < -0.3 is 9.64 Å². The fraction of sp³-hybridized carbons (Fsp3) is 0.650. The van der Waals surface area contributed by atoms with E-state index in [1.807, 2.05) is 54.1 Å². The number of carbonyl (C=O) groups excluding carboxylic acids is 1. The zero-order valence-corrected chi connectivity index (χ0v) is 16.6. The van der Waals surface area contributed by atoms with Crippen LogP contribution >= 0.6 is 0 Å². The first-order chi connectivity index (χ1) is 13.3. The highest BCUT2D eigenvalue weighted by atomic mass is 19.4. The number of likely N-dealkylation sites (N-methyl/N-ethyl adjacent to an activating group) is 1. The van der Waals surface area contributed by atoms with Crippen molar-refractivity contribution in [3.05, 3.63) is 35.9 Å². The predicted octanol–water partition coefficient (Wildman–Crippen LogP) is 2.79. The van der Waals surface area contributed by atoms with Crippen LogP contribution < -0.4 is 0 Å². The Balaban J connectivity index is 1.80. The Kier molecular flexibility index (Phi) is 8.72. The van der Waals surface area contributed by atoms with Crippen LogP contribution in [0.3, 0.4) is 0 Å². The molecule has 0 aliphatic carbocycles. The van der Waals surface area contributed by atoms with Gasteiger partial charge in [-0.3, -0.25) is 14.6 Å². The highest BCUT2D eigenvalue weighted by Crippen LogP contribution is 2.22. The minimum atomic E-state index is -4.27. The van der Waals surface area contributed by atoms with Crippen molar-refractivity contribution in [3.63, 3.8) is 0 Å². The van der Waals surface area contributed by atoms with E-state index in [1.54, 1.807) is 0 Å². The average Bonchev–Trinajstić information content (AvgIpc) is 2.68. The van der Waals surface area contributed by atoms with Crippen molar-refractivity contribution in [2.75, 3.05) is 59.5 Å². The van der Waals surface area contributed by atoms with Gasteiger partial charge in [0, 0.05) is 39.3 Å². The van der Waals surface area contributed by atoms with Gasteiger partial charge in [0.25, 0.3) is 0 Å². The van der Waals surface area contributed by atoms with Gasteiger partial charge in [-0.05, 0) is 25.6 Å². The second-order valence-corrected chi connectivity index (χ2v) is 7.07. The van der Waals surface area contributed by atoms with Crippen LogP contribution in [0.1, 0.15) is 24.9 Å². The quantitative estimate of drug-likeness (QED) is 0.597. The van der Waals surface area contributed by atoms with Crippen molar-refractivity contribution in [2.24, 2.45) is 0 Å². The van der Waals surface area contributed by atoms with Gasteiger partial charge in [0.2, 0.25) is 5.91 Å². The third kappa shape index (κ3) is 7.07. The summed E-state index contributed by atoms with van der Waals surface area (Å²) in [5.74, 6) is 0.101.